The lowest BCUT2D eigenvalue weighted by atomic mass is 9.85. The molecule has 2 saturated carbocycles. The molecule has 2 aliphatic rings. The molecular weight excluding hydrogens is 324 g/mol. The number of carbonyl (C=O) groups excluding carboxylic acids is 1. The van der Waals surface area contributed by atoms with Gasteiger partial charge in [0.25, 0.3) is 0 Å². The number of aromatic nitrogens is 1. The fraction of sp³-hybridized carbons (Fsp3) is 0.556. The average Bonchev–Trinajstić information content (AvgIpc) is 3.30. The summed E-state index contributed by atoms with van der Waals surface area (Å²) >= 11 is 1.49. The first-order valence-electron chi connectivity index (χ1n) is 8.55. The van der Waals surface area contributed by atoms with Crippen molar-refractivity contribution >= 4 is 17.2 Å². The predicted molar refractivity (Wildman–Crippen MR) is 91.6 cm³/mol. The first-order chi connectivity index (χ1) is 11.6. The molecule has 6 heteroatoms. The summed E-state index contributed by atoms with van der Waals surface area (Å²) in [6, 6.07) is 3.94. The summed E-state index contributed by atoms with van der Waals surface area (Å²) < 4.78 is 5.58. The summed E-state index contributed by atoms with van der Waals surface area (Å²) in [7, 11) is 0. The SMILES string of the molecule is Cc1ccc(-c2nc(CC(=O)NC3C4CCC(C4)C3CO)cs2)o1. The number of fused-ring (bicyclic) bond motifs is 2. The van der Waals surface area contributed by atoms with Crippen molar-refractivity contribution in [3.8, 4) is 10.8 Å². The van der Waals surface area contributed by atoms with E-state index >= 15 is 0 Å². The van der Waals surface area contributed by atoms with Crippen molar-refractivity contribution in [1.29, 1.82) is 0 Å². The third kappa shape index (κ3) is 2.89. The molecule has 0 radical (unpaired) electrons. The van der Waals surface area contributed by atoms with Gasteiger partial charge in [0, 0.05) is 23.9 Å². The quantitative estimate of drug-likeness (QED) is 0.873. The lowest BCUT2D eigenvalue weighted by Gasteiger charge is -2.30. The minimum Gasteiger partial charge on any atom is -0.459 e. The monoisotopic (exact) mass is 346 g/mol. The molecule has 1 amide bonds. The minimum atomic E-state index is -0.00141. The van der Waals surface area contributed by atoms with E-state index in [-0.39, 0.29) is 30.9 Å². The van der Waals surface area contributed by atoms with Crippen LogP contribution in [0.25, 0.3) is 10.8 Å². The van der Waals surface area contributed by atoms with Crippen molar-refractivity contribution in [3.63, 3.8) is 0 Å². The Bertz CT molecular complexity index is 738. The molecule has 2 N–H and O–H groups in total. The van der Waals surface area contributed by atoms with Gasteiger partial charge in [-0.25, -0.2) is 4.98 Å². The van der Waals surface area contributed by atoms with E-state index in [1.165, 1.54) is 24.2 Å². The third-order valence-electron chi connectivity index (χ3n) is 5.47. The smallest absolute Gasteiger partial charge is 0.226 e. The summed E-state index contributed by atoms with van der Waals surface area (Å²) in [5, 5.41) is 15.5. The lowest BCUT2D eigenvalue weighted by Crippen LogP contribution is -2.45. The molecule has 2 aliphatic carbocycles. The molecule has 128 valence electrons. The molecule has 4 rings (SSSR count). The highest BCUT2D eigenvalue weighted by atomic mass is 32.1. The Kier molecular flexibility index (Phi) is 4.18. The Morgan fingerprint density at radius 1 is 1.42 bits per heavy atom. The van der Waals surface area contributed by atoms with E-state index in [1.54, 1.807) is 0 Å². The number of carbonyl (C=O) groups is 1. The molecule has 2 bridgehead atoms. The lowest BCUT2D eigenvalue weighted by molar-refractivity contribution is -0.122. The summed E-state index contributed by atoms with van der Waals surface area (Å²) in [5.41, 5.74) is 0.769. The Morgan fingerprint density at radius 2 is 2.25 bits per heavy atom. The number of aryl methyl sites for hydroxylation is 1. The van der Waals surface area contributed by atoms with E-state index in [2.05, 4.69) is 10.3 Å². The molecule has 4 unspecified atom stereocenters. The van der Waals surface area contributed by atoms with E-state index < -0.39 is 0 Å². The van der Waals surface area contributed by atoms with Crippen LogP contribution in [-0.4, -0.2) is 28.6 Å². The zero-order chi connectivity index (χ0) is 16.7. The standard InChI is InChI=1S/C18H22N2O3S/c1-10-2-5-15(23-10)18-19-13(9-24-18)7-16(22)20-17-12-4-3-11(6-12)14(17)8-21/h2,5,9,11-12,14,17,21H,3-4,6-8H2,1H3,(H,20,22). The molecule has 0 saturated heterocycles. The molecule has 2 fully saturated rings. The fourth-order valence-corrected chi connectivity index (χ4v) is 5.13. The van der Waals surface area contributed by atoms with Crippen LogP contribution in [0, 0.1) is 24.7 Å². The largest absolute Gasteiger partial charge is 0.459 e. The van der Waals surface area contributed by atoms with Gasteiger partial charge in [-0.15, -0.1) is 11.3 Å². The second-order valence-electron chi connectivity index (χ2n) is 7.00. The number of hydrogen-bond acceptors (Lipinski definition) is 5. The molecule has 4 atom stereocenters. The summed E-state index contributed by atoms with van der Waals surface area (Å²) in [4.78, 5) is 16.9. The van der Waals surface area contributed by atoms with Gasteiger partial charge in [-0.1, -0.05) is 0 Å². The van der Waals surface area contributed by atoms with Gasteiger partial charge in [0.15, 0.2) is 10.8 Å². The Morgan fingerprint density at radius 3 is 3.00 bits per heavy atom. The van der Waals surface area contributed by atoms with Crippen LogP contribution in [0.4, 0.5) is 0 Å². The van der Waals surface area contributed by atoms with E-state index in [1.807, 2.05) is 24.4 Å². The van der Waals surface area contributed by atoms with Crippen LogP contribution in [0.2, 0.25) is 0 Å². The third-order valence-corrected chi connectivity index (χ3v) is 6.38. The van der Waals surface area contributed by atoms with Crippen molar-refractivity contribution in [2.45, 2.75) is 38.6 Å². The summed E-state index contributed by atoms with van der Waals surface area (Å²) in [5.74, 6) is 2.94. The highest BCUT2D eigenvalue weighted by Gasteiger charge is 2.47. The fourth-order valence-electron chi connectivity index (χ4n) is 4.35. The Labute approximate surface area is 145 Å². The van der Waals surface area contributed by atoms with Crippen LogP contribution in [0.1, 0.15) is 30.7 Å². The second kappa shape index (κ2) is 6.33. The zero-order valence-corrected chi connectivity index (χ0v) is 14.5. The number of nitrogens with zero attached hydrogens (tertiary/aromatic N) is 1. The number of aliphatic hydroxyl groups excluding tert-OH is 1. The van der Waals surface area contributed by atoms with Crippen LogP contribution in [0.15, 0.2) is 21.9 Å². The van der Waals surface area contributed by atoms with Crippen molar-refractivity contribution < 1.29 is 14.3 Å². The van der Waals surface area contributed by atoms with Crippen molar-refractivity contribution in [3.05, 3.63) is 29.0 Å². The van der Waals surface area contributed by atoms with Crippen molar-refractivity contribution in [2.75, 3.05) is 6.61 Å². The first-order valence-corrected chi connectivity index (χ1v) is 9.43. The molecule has 2 aromatic rings. The van der Waals surface area contributed by atoms with Crippen LogP contribution in [0.3, 0.4) is 0 Å². The number of rotatable bonds is 5. The van der Waals surface area contributed by atoms with Crippen LogP contribution in [-0.2, 0) is 11.2 Å². The number of amides is 1. The molecule has 2 aromatic heterocycles. The molecule has 24 heavy (non-hydrogen) atoms. The summed E-state index contributed by atoms with van der Waals surface area (Å²) in [6.45, 7) is 2.07. The maximum absolute atomic E-state index is 12.4. The van der Waals surface area contributed by atoms with E-state index in [0.29, 0.717) is 11.8 Å². The van der Waals surface area contributed by atoms with Gasteiger partial charge >= 0.3 is 0 Å². The Hall–Kier alpha value is -1.66. The van der Waals surface area contributed by atoms with Gasteiger partial charge in [0.1, 0.15) is 5.76 Å². The van der Waals surface area contributed by atoms with Crippen LogP contribution in [0.5, 0.6) is 0 Å². The van der Waals surface area contributed by atoms with Gasteiger partial charge in [-0.2, -0.15) is 0 Å². The number of furan rings is 1. The normalized spacial score (nSPS) is 28.4. The van der Waals surface area contributed by atoms with E-state index in [0.717, 1.165) is 28.6 Å². The zero-order valence-electron chi connectivity index (χ0n) is 13.7. The first kappa shape index (κ1) is 15.8. The van der Waals surface area contributed by atoms with Crippen molar-refractivity contribution in [1.82, 2.24) is 10.3 Å². The van der Waals surface area contributed by atoms with Gasteiger partial charge in [-0.05, 0) is 50.2 Å². The predicted octanol–water partition coefficient (Wildman–Crippen LogP) is 2.78. The highest BCUT2D eigenvalue weighted by molar-refractivity contribution is 7.13. The topological polar surface area (TPSA) is 75.4 Å². The molecule has 2 heterocycles. The van der Waals surface area contributed by atoms with E-state index in [4.69, 9.17) is 4.42 Å². The molecule has 0 spiro atoms. The number of aliphatic hydroxyl groups is 1. The molecule has 0 aromatic carbocycles. The number of hydrogen-bond donors (Lipinski definition) is 2. The van der Waals surface area contributed by atoms with Gasteiger partial charge in [0.2, 0.25) is 5.91 Å². The van der Waals surface area contributed by atoms with Gasteiger partial charge in [0.05, 0.1) is 12.1 Å². The maximum atomic E-state index is 12.4. The average molecular weight is 346 g/mol. The highest BCUT2D eigenvalue weighted by Crippen LogP contribution is 2.48. The van der Waals surface area contributed by atoms with E-state index in [9.17, 15) is 9.90 Å². The molecule has 0 aliphatic heterocycles. The van der Waals surface area contributed by atoms with Gasteiger partial charge in [-0.3, -0.25) is 4.79 Å². The molecule has 5 nitrogen and oxygen atoms in total. The Balaban J connectivity index is 1.39. The molecular formula is C18H22N2O3S. The van der Waals surface area contributed by atoms with Gasteiger partial charge < -0.3 is 14.8 Å². The maximum Gasteiger partial charge on any atom is 0.226 e. The number of nitrogens with one attached hydrogen (secondary N) is 1. The van der Waals surface area contributed by atoms with Crippen LogP contribution >= 0.6 is 11.3 Å². The van der Waals surface area contributed by atoms with Crippen LogP contribution < -0.4 is 5.32 Å². The van der Waals surface area contributed by atoms with Crippen molar-refractivity contribution in [2.24, 2.45) is 17.8 Å². The second-order valence-corrected chi connectivity index (χ2v) is 7.86. The number of thiazole rings is 1. The summed E-state index contributed by atoms with van der Waals surface area (Å²) in [6.07, 6.45) is 3.79. The minimum absolute atomic E-state index is 0.00141.